The summed E-state index contributed by atoms with van der Waals surface area (Å²) in [7, 11) is 0. The van der Waals surface area contributed by atoms with E-state index in [2.05, 4.69) is 10.6 Å². The quantitative estimate of drug-likeness (QED) is 0.792. The summed E-state index contributed by atoms with van der Waals surface area (Å²) in [6.45, 7) is -0.152. The zero-order chi connectivity index (χ0) is 15.5. The van der Waals surface area contributed by atoms with Crippen molar-refractivity contribution in [3.05, 3.63) is 28.2 Å². The van der Waals surface area contributed by atoms with Gasteiger partial charge in [0, 0.05) is 5.02 Å². The minimum atomic E-state index is -0.839. The van der Waals surface area contributed by atoms with Crippen LogP contribution in [0.4, 0.5) is 5.69 Å². The summed E-state index contributed by atoms with van der Waals surface area (Å²) in [6, 6.07) is 4.76. The number of carbonyl (C=O) groups excluding carboxylic acids is 2. The highest BCUT2D eigenvalue weighted by atomic mass is 35.5. The van der Waals surface area contributed by atoms with Crippen LogP contribution in [0.25, 0.3) is 0 Å². The van der Waals surface area contributed by atoms with E-state index in [1.54, 1.807) is 18.2 Å². The van der Waals surface area contributed by atoms with E-state index in [9.17, 15) is 9.59 Å². The molecule has 0 bridgehead atoms. The molecular weight excluding hydrogens is 313 g/mol. The Morgan fingerprint density at radius 3 is 2.57 bits per heavy atom. The zero-order valence-corrected chi connectivity index (χ0v) is 12.9. The second-order valence-corrected chi connectivity index (χ2v) is 6.06. The molecule has 0 aliphatic heterocycles. The van der Waals surface area contributed by atoms with Crippen molar-refractivity contribution in [2.24, 2.45) is 5.73 Å². The molecule has 5 nitrogen and oxygen atoms in total. The Labute approximate surface area is 133 Å². The lowest BCUT2D eigenvalue weighted by Crippen LogP contribution is -2.53. The SMILES string of the molecule is NC1(C(=O)NCC(=O)Nc2cc(Cl)ccc2Cl)CCCC1. The van der Waals surface area contributed by atoms with E-state index in [-0.39, 0.29) is 18.4 Å². The average Bonchev–Trinajstić information content (AvgIpc) is 2.88. The fraction of sp³-hybridized carbons (Fsp3) is 0.429. The van der Waals surface area contributed by atoms with E-state index in [1.807, 2.05) is 0 Å². The van der Waals surface area contributed by atoms with Gasteiger partial charge >= 0.3 is 0 Å². The first-order valence-electron chi connectivity index (χ1n) is 6.73. The van der Waals surface area contributed by atoms with E-state index >= 15 is 0 Å². The normalized spacial score (nSPS) is 16.5. The third-order valence-corrected chi connectivity index (χ3v) is 4.12. The van der Waals surface area contributed by atoms with Gasteiger partial charge < -0.3 is 16.4 Å². The number of carbonyl (C=O) groups is 2. The number of hydrogen-bond donors (Lipinski definition) is 3. The molecule has 0 unspecified atom stereocenters. The third kappa shape index (κ3) is 4.09. The van der Waals surface area contributed by atoms with Gasteiger partial charge in [0.1, 0.15) is 0 Å². The van der Waals surface area contributed by atoms with Gasteiger partial charge in [0.05, 0.1) is 22.8 Å². The van der Waals surface area contributed by atoms with Crippen LogP contribution in [0, 0.1) is 0 Å². The average molecular weight is 330 g/mol. The number of anilines is 1. The molecule has 1 aliphatic carbocycles. The summed E-state index contributed by atoms with van der Waals surface area (Å²) >= 11 is 11.8. The number of rotatable bonds is 4. The standard InChI is InChI=1S/C14H17Cl2N3O2/c15-9-3-4-10(16)11(7-9)19-12(20)8-18-13(21)14(17)5-1-2-6-14/h3-4,7H,1-2,5-6,8,17H2,(H,18,21)(H,19,20). The van der Waals surface area contributed by atoms with E-state index in [1.165, 1.54) is 0 Å². The number of benzene rings is 1. The van der Waals surface area contributed by atoms with Crippen molar-refractivity contribution in [1.29, 1.82) is 0 Å². The molecule has 1 saturated carbocycles. The van der Waals surface area contributed by atoms with Crippen LogP contribution in [0.2, 0.25) is 10.0 Å². The van der Waals surface area contributed by atoms with Crippen molar-refractivity contribution in [2.45, 2.75) is 31.2 Å². The van der Waals surface area contributed by atoms with Gasteiger partial charge in [-0.3, -0.25) is 9.59 Å². The minimum Gasteiger partial charge on any atom is -0.345 e. The summed E-state index contributed by atoms with van der Waals surface area (Å²) in [5.74, 6) is -0.665. The van der Waals surface area contributed by atoms with Gasteiger partial charge in [0.25, 0.3) is 0 Å². The topological polar surface area (TPSA) is 84.2 Å². The van der Waals surface area contributed by atoms with Crippen molar-refractivity contribution < 1.29 is 9.59 Å². The van der Waals surface area contributed by atoms with Gasteiger partial charge in [0.15, 0.2) is 0 Å². The van der Waals surface area contributed by atoms with Crippen LogP contribution < -0.4 is 16.4 Å². The largest absolute Gasteiger partial charge is 0.345 e. The van der Waals surface area contributed by atoms with Crippen LogP contribution in [0.3, 0.4) is 0 Å². The monoisotopic (exact) mass is 329 g/mol. The third-order valence-electron chi connectivity index (χ3n) is 3.56. The molecule has 21 heavy (non-hydrogen) atoms. The maximum atomic E-state index is 12.0. The van der Waals surface area contributed by atoms with Gasteiger partial charge in [-0.05, 0) is 31.0 Å². The number of nitrogens with one attached hydrogen (secondary N) is 2. The molecule has 114 valence electrons. The molecule has 1 aromatic rings. The molecule has 0 spiro atoms. The van der Waals surface area contributed by atoms with Crippen LogP contribution in [-0.2, 0) is 9.59 Å². The molecule has 0 heterocycles. The lowest BCUT2D eigenvalue weighted by molar-refractivity contribution is -0.128. The maximum Gasteiger partial charge on any atom is 0.243 e. The summed E-state index contributed by atoms with van der Waals surface area (Å²) in [5.41, 5.74) is 5.57. The first-order chi connectivity index (χ1) is 9.90. The Hall–Kier alpha value is -1.30. The van der Waals surface area contributed by atoms with E-state index in [4.69, 9.17) is 28.9 Å². The first-order valence-corrected chi connectivity index (χ1v) is 7.48. The molecule has 0 saturated heterocycles. The Kier molecular flexibility index (Phi) is 5.08. The highest BCUT2D eigenvalue weighted by Crippen LogP contribution is 2.27. The first kappa shape index (κ1) is 16.1. The molecule has 0 radical (unpaired) electrons. The van der Waals surface area contributed by atoms with Gasteiger partial charge in [-0.1, -0.05) is 36.0 Å². The number of nitrogens with two attached hydrogens (primary N) is 1. The Bertz CT molecular complexity index is 557. The van der Waals surface area contributed by atoms with E-state index in [0.717, 1.165) is 12.8 Å². The molecule has 0 aromatic heterocycles. The van der Waals surface area contributed by atoms with Crippen LogP contribution in [0.5, 0.6) is 0 Å². The molecule has 2 rings (SSSR count). The highest BCUT2D eigenvalue weighted by molar-refractivity contribution is 6.35. The smallest absolute Gasteiger partial charge is 0.243 e. The maximum absolute atomic E-state index is 12.0. The van der Waals surface area contributed by atoms with Crippen molar-refractivity contribution in [2.75, 3.05) is 11.9 Å². The number of hydrogen-bond acceptors (Lipinski definition) is 3. The van der Waals surface area contributed by atoms with E-state index in [0.29, 0.717) is 28.6 Å². The summed E-state index contributed by atoms with van der Waals surface area (Å²) in [4.78, 5) is 23.8. The Balaban J connectivity index is 1.87. The van der Waals surface area contributed by atoms with Crippen molar-refractivity contribution in [3.63, 3.8) is 0 Å². The minimum absolute atomic E-state index is 0.152. The number of halogens is 2. The van der Waals surface area contributed by atoms with Crippen molar-refractivity contribution >= 4 is 40.7 Å². The predicted octanol–water partition coefficient (Wildman–Crippen LogP) is 2.32. The van der Waals surface area contributed by atoms with Gasteiger partial charge in [0.2, 0.25) is 11.8 Å². The second kappa shape index (κ2) is 6.64. The molecule has 4 N–H and O–H groups in total. The van der Waals surface area contributed by atoms with Crippen LogP contribution in [-0.4, -0.2) is 23.9 Å². The van der Waals surface area contributed by atoms with Crippen LogP contribution >= 0.6 is 23.2 Å². The van der Waals surface area contributed by atoms with Gasteiger partial charge in [-0.2, -0.15) is 0 Å². The Morgan fingerprint density at radius 2 is 1.90 bits per heavy atom. The lowest BCUT2D eigenvalue weighted by atomic mass is 9.98. The molecule has 1 fully saturated rings. The second-order valence-electron chi connectivity index (χ2n) is 5.22. The van der Waals surface area contributed by atoms with Crippen molar-refractivity contribution in [1.82, 2.24) is 5.32 Å². The summed E-state index contributed by atoms with van der Waals surface area (Å²) in [6.07, 6.45) is 3.18. The van der Waals surface area contributed by atoms with Gasteiger partial charge in [-0.15, -0.1) is 0 Å². The highest BCUT2D eigenvalue weighted by Gasteiger charge is 2.36. The zero-order valence-electron chi connectivity index (χ0n) is 11.4. The molecule has 7 heteroatoms. The molecule has 0 atom stereocenters. The van der Waals surface area contributed by atoms with Crippen LogP contribution in [0.1, 0.15) is 25.7 Å². The number of amides is 2. The summed E-state index contributed by atoms with van der Waals surface area (Å²) in [5, 5.41) is 6.01. The van der Waals surface area contributed by atoms with E-state index < -0.39 is 5.54 Å². The molecule has 2 amide bonds. The predicted molar refractivity (Wildman–Crippen MR) is 83.5 cm³/mol. The fourth-order valence-electron chi connectivity index (χ4n) is 2.36. The van der Waals surface area contributed by atoms with Crippen LogP contribution in [0.15, 0.2) is 18.2 Å². The molecule has 1 aliphatic rings. The van der Waals surface area contributed by atoms with Crippen molar-refractivity contribution in [3.8, 4) is 0 Å². The summed E-state index contributed by atoms with van der Waals surface area (Å²) < 4.78 is 0. The lowest BCUT2D eigenvalue weighted by Gasteiger charge is -2.22. The fourth-order valence-corrected chi connectivity index (χ4v) is 2.69. The molecular formula is C14H17Cl2N3O2. The Morgan fingerprint density at radius 1 is 1.24 bits per heavy atom. The molecule has 1 aromatic carbocycles. The van der Waals surface area contributed by atoms with Gasteiger partial charge in [-0.25, -0.2) is 0 Å².